The van der Waals surface area contributed by atoms with Crippen molar-refractivity contribution in [3.8, 4) is 11.5 Å². The second kappa shape index (κ2) is 6.77. The number of ether oxygens (including phenoxy) is 2. The highest BCUT2D eigenvalue weighted by Gasteiger charge is 2.22. The van der Waals surface area contributed by atoms with Gasteiger partial charge in [-0.2, -0.15) is 0 Å². The molecule has 0 atom stereocenters. The SMILES string of the molecule is CC(=O)N1CCc2ccc(NS(=O)(=O)c3ccc4c(c3)OCCO4)cc2C1. The number of sulfonamides is 1. The number of anilines is 1. The zero-order chi connectivity index (χ0) is 19.0. The van der Waals surface area contributed by atoms with Gasteiger partial charge in [-0.25, -0.2) is 8.42 Å². The summed E-state index contributed by atoms with van der Waals surface area (Å²) in [7, 11) is -3.77. The zero-order valence-electron chi connectivity index (χ0n) is 14.9. The van der Waals surface area contributed by atoms with E-state index in [-0.39, 0.29) is 10.8 Å². The summed E-state index contributed by atoms with van der Waals surface area (Å²) in [5, 5.41) is 0. The molecular formula is C19H20N2O5S. The average molecular weight is 388 g/mol. The molecule has 27 heavy (non-hydrogen) atoms. The molecule has 0 saturated carbocycles. The summed E-state index contributed by atoms with van der Waals surface area (Å²) in [4.78, 5) is 13.5. The lowest BCUT2D eigenvalue weighted by Crippen LogP contribution is -2.34. The van der Waals surface area contributed by atoms with E-state index < -0.39 is 10.0 Å². The Morgan fingerprint density at radius 1 is 1.04 bits per heavy atom. The highest BCUT2D eigenvalue weighted by Crippen LogP contribution is 2.33. The van der Waals surface area contributed by atoms with Crippen molar-refractivity contribution in [3.05, 3.63) is 47.5 Å². The molecule has 1 amide bonds. The molecule has 0 bridgehead atoms. The van der Waals surface area contributed by atoms with Gasteiger partial charge in [-0.15, -0.1) is 0 Å². The molecule has 2 aliphatic heterocycles. The molecule has 8 heteroatoms. The topological polar surface area (TPSA) is 84.9 Å². The first kappa shape index (κ1) is 17.7. The number of rotatable bonds is 3. The highest BCUT2D eigenvalue weighted by molar-refractivity contribution is 7.92. The summed E-state index contributed by atoms with van der Waals surface area (Å²) in [5.74, 6) is 0.980. The van der Waals surface area contributed by atoms with E-state index in [0.29, 0.717) is 43.5 Å². The molecule has 0 aromatic heterocycles. The summed E-state index contributed by atoms with van der Waals surface area (Å²) in [5.41, 5.74) is 2.56. The maximum Gasteiger partial charge on any atom is 0.262 e. The number of benzene rings is 2. The number of hydrogen-bond acceptors (Lipinski definition) is 5. The van der Waals surface area contributed by atoms with Gasteiger partial charge in [0, 0.05) is 31.8 Å². The van der Waals surface area contributed by atoms with Gasteiger partial charge in [0.15, 0.2) is 11.5 Å². The number of carbonyl (C=O) groups is 1. The van der Waals surface area contributed by atoms with Crippen LogP contribution < -0.4 is 14.2 Å². The quantitative estimate of drug-likeness (QED) is 0.871. The molecule has 2 aliphatic rings. The van der Waals surface area contributed by atoms with E-state index in [9.17, 15) is 13.2 Å². The molecular weight excluding hydrogens is 368 g/mol. The minimum Gasteiger partial charge on any atom is -0.486 e. The van der Waals surface area contributed by atoms with Gasteiger partial charge >= 0.3 is 0 Å². The van der Waals surface area contributed by atoms with Crippen LogP contribution in [0.1, 0.15) is 18.1 Å². The number of hydrogen-bond donors (Lipinski definition) is 1. The number of amides is 1. The number of carbonyl (C=O) groups excluding carboxylic acids is 1. The molecule has 2 aromatic carbocycles. The van der Waals surface area contributed by atoms with Crippen LogP contribution in [-0.2, 0) is 27.8 Å². The van der Waals surface area contributed by atoms with Crippen LogP contribution in [0.25, 0.3) is 0 Å². The van der Waals surface area contributed by atoms with Gasteiger partial charge < -0.3 is 14.4 Å². The highest BCUT2D eigenvalue weighted by atomic mass is 32.2. The fraction of sp³-hybridized carbons (Fsp3) is 0.316. The molecule has 0 aliphatic carbocycles. The second-order valence-corrected chi connectivity index (χ2v) is 8.27. The Labute approximate surface area is 157 Å². The summed E-state index contributed by atoms with van der Waals surface area (Å²) >= 11 is 0. The summed E-state index contributed by atoms with van der Waals surface area (Å²) < 4.78 is 39.0. The van der Waals surface area contributed by atoms with Crippen LogP contribution in [0.5, 0.6) is 11.5 Å². The third-order valence-corrected chi connectivity index (χ3v) is 6.12. The molecule has 0 fully saturated rings. The molecule has 2 aromatic rings. The van der Waals surface area contributed by atoms with Crippen molar-refractivity contribution < 1.29 is 22.7 Å². The van der Waals surface area contributed by atoms with Crippen molar-refractivity contribution in [2.24, 2.45) is 0 Å². The normalized spacial score (nSPS) is 15.8. The van der Waals surface area contributed by atoms with E-state index in [1.54, 1.807) is 30.0 Å². The van der Waals surface area contributed by atoms with Crippen molar-refractivity contribution in [3.63, 3.8) is 0 Å². The van der Waals surface area contributed by atoms with Gasteiger partial charge in [-0.1, -0.05) is 6.07 Å². The lowest BCUT2D eigenvalue weighted by atomic mass is 9.99. The monoisotopic (exact) mass is 388 g/mol. The predicted molar refractivity (Wildman–Crippen MR) is 99.5 cm³/mol. The Hall–Kier alpha value is -2.74. The molecule has 2 heterocycles. The van der Waals surface area contributed by atoms with Crippen LogP contribution in [0.2, 0.25) is 0 Å². The molecule has 142 valence electrons. The van der Waals surface area contributed by atoms with Crippen LogP contribution in [0.4, 0.5) is 5.69 Å². The van der Waals surface area contributed by atoms with Gasteiger partial charge in [0.2, 0.25) is 5.91 Å². The fourth-order valence-electron chi connectivity index (χ4n) is 3.29. The maximum atomic E-state index is 12.8. The van der Waals surface area contributed by atoms with E-state index in [2.05, 4.69) is 4.72 Å². The van der Waals surface area contributed by atoms with Gasteiger partial charge in [0.25, 0.3) is 10.0 Å². The molecule has 0 saturated heterocycles. The molecule has 0 spiro atoms. The lowest BCUT2D eigenvalue weighted by molar-refractivity contribution is -0.129. The first-order valence-electron chi connectivity index (χ1n) is 8.72. The Morgan fingerprint density at radius 2 is 1.81 bits per heavy atom. The lowest BCUT2D eigenvalue weighted by Gasteiger charge is -2.28. The van der Waals surface area contributed by atoms with Crippen LogP contribution in [-0.4, -0.2) is 39.0 Å². The van der Waals surface area contributed by atoms with E-state index in [4.69, 9.17) is 9.47 Å². The fourth-order valence-corrected chi connectivity index (χ4v) is 4.36. The van der Waals surface area contributed by atoms with Crippen molar-refractivity contribution >= 4 is 21.6 Å². The third-order valence-electron chi connectivity index (χ3n) is 4.74. The van der Waals surface area contributed by atoms with Crippen LogP contribution >= 0.6 is 0 Å². The van der Waals surface area contributed by atoms with Gasteiger partial charge in [0.05, 0.1) is 4.90 Å². The van der Waals surface area contributed by atoms with E-state index in [1.165, 1.54) is 12.1 Å². The first-order chi connectivity index (χ1) is 12.9. The molecule has 4 rings (SSSR count). The standard InChI is InChI=1S/C19H20N2O5S/c1-13(22)21-7-6-14-2-3-16(10-15(14)12-21)20-27(23,24)17-4-5-18-19(11-17)26-9-8-25-18/h2-5,10-11,20H,6-9,12H2,1H3. The van der Waals surface area contributed by atoms with E-state index in [0.717, 1.165) is 17.5 Å². The number of nitrogens with one attached hydrogen (secondary N) is 1. The molecule has 1 N–H and O–H groups in total. The summed E-state index contributed by atoms with van der Waals surface area (Å²) in [6.07, 6.45) is 0.768. The predicted octanol–water partition coefficient (Wildman–Crippen LogP) is 2.16. The Kier molecular flexibility index (Phi) is 4.43. The van der Waals surface area contributed by atoms with Gasteiger partial charge in [0.1, 0.15) is 13.2 Å². The van der Waals surface area contributed by atoms with Crippen LogP contribution in [0, 0.1) is 0 Å². The van der Waals surface area contributed by atoms with Crippen molar-refractivity contribution in [1.82, 2.24) is 4.90 Å². The van der Waals surface area contributed by atoms with Crippen molar-refractivity contribution in [2.45, 2.75) is 24.8 Å². The molecule has 7 nitrogen and oxygen atoms in total. The third kappa shape index (κ3) is 3.57. The second-order valence-electron chi connectivity index (χ2n) is 6.59. The van der Waals surface area contributed by atoms with E-state index >= 15 is 0 Å². The average Bonchev–Trinajstić information content (AvgIpc) is 2.66. The zero-order valence-corrected chi connectivity index (χ0v) is 15.7. The summed E-state index contributed by atoms with van der Waals surface area (Å²) in [6, 6.07) is 10.0. The van der Waals surface area contributed by atoms with Gasteiger partial charge in [-0.05, 0) is 41.8 Å². The minimum absolute atomic E-state index is 0.0166. The number of fused-ring (bicyclic) bond motifs is 2. The first-order valence-corrected chi connectivity index (χ1v) is 10.2. The van der Waals surface area contributed by atoms with Crippen LogP contribution in [0.3, 0.4) is 0 Å². The number of nitrogens with zero attached hydrogens (tertiary/aromatic N) is 1. The van der Waals surface area contributed by atoms with Crippen molar-refractivity contribution in [1.29, 1.82) is 0 Å². The Bertz CT molecular complexity index is 1000. The smallest absolute Gasteiger partial charge is 0.262 e. The van der Waals surface area contributed by atoms with Crippen molar-refractivity contribution in [2.75, 3.05) is 24.5 Å². The molecule has 0 unspecified atom stereocenters. The van der Waals surface area contributed by atoms with Crippen LogP contribution in [0.15, 0.2) is 41.3 Å². The van der Waals surface area contributed by atoms with Gasteiger partial charge in [-0.3, -0.25) is 9.52 Å². The van der Waals surface area contributed by atoms with E-state index in [1.807, 2.05) is 6.07 Å². The Balaban J connectivity index is 1.58. The largest absolute Gasteiger partial charge is 0.486 e. The minimum atomic E-state index is -3.77. The Morgan fingerprint density at radius 3 is 2.59 bits per heavy atom. The maximum absolute atomic E-state index is 12.8. The molecule has 0 radical (unpaired) electrons. The summed E-state index contributed by atoms with van der Waals surface area (Å²) in [6.45, 7) is 3.56.